The van der Waals surface area contributed by atoms with Crippen molar-refractivity contribution in [1.29, 1.82) is 0 Å². The molecule has 0 N–H and O–H groups in total. The topological polar surface area (TPSA) is 12.9 Å². The number of pyridine rings is 1. The predicted octanol–water partition coefficient (Wildman–Crippen LogP) is 2.17. The van der Waals surface area contributed by atoms with Gasteiger partial charge in [0.05, 0.1) is 21.1 Å². The van der Waals surface area contributed by atoms with Gasteiger partial charge in [-0.15, -0.1) is 0 Å². The average Bonchev–Trinajstić information content (AvgIpc) is 2.03. The number of hydrogen-bond donors (Lipinski definition) is 0. The van der Waals surface area contributed by atoms with Gasteiger partial charge in [-0.05, 0) is 11.6 Å². The van der Waals surface area contributed by atoms with Gasteiger partial charge in [-0.1, -0.05) is 15.9 Å². The van der Waals surface area contributed by atoms with Crippen molar-refractivity contribution in [2.75, 3.05) is 21.1 Å². The minimum absolute atomic E-state index is 0.765. The first kappa shape index (κ1) is 9.68. The van der Waals surface area contributed by atoms with Crippen molar-refractivity contribution in [2.24, 2.45) is 0 Å². The highest BCUT2D eigenvalue weighted by Crippen LogP contribution is 2.15. The van der Waals surface area contributed by atoms with E-state index >= 15 is 0 Å². The Hall–Kier alpha value is -0.410. The lowest BCUT2D eigenvalue weighted by Crippen LogP contribution is -2.35. The molecule has 0 radical (unpaired) electrons. The monoisotopic (exact) mass is 229 g/mol. The number of rotatable bonds is 2. The van der Waals surface area contributed by atoms with Crippen LogP contribution in [0, 0.1) is 0 Å². The Bertz CT molecular complexity index is 265. The van der Waals surface area contributed by atoms with Crippen LogP contribution < -0.4 is 4.48 Å². The fourth-order valence-electron chi connectivity index (χ4n) is 0.911. The number of halogens is 1. The van der Waals surface area contributed by atoms with Crippen LogP contribution in [0.15, 0.2) is 18.3 Å². The van der Waals surface area contributed by atoms with Crippen LogP contribution in [0.25, 0.3) is 0 Å². The minimum atomic E-state index is 0.765. The van der Waals surface area contributed by atoms with E-state index < -0.39 is 0 Å². The summed E-state index contributed by atoms with van der Waals surface area (Å²) >= 11 is 3.42. The quantitative estimate of drug-likeness (QED) is 0.560. The van der Waals surface area contributed by atoms with E-state index in [1.807, 2.05) is 12.3 Å². The zero-order valence-electron chi connectivity index (χ0n) is 7.71. The van der Waals surface area contributed by atoms with Gasteiger partial charge in [0.1, 0.15) is 0 Å². The molecule has 2 nitrogen and oxygen atoms in total. The second kappa shape index (κ2) is 3.54. The molecule has 0 saturated carbocycles. The Kier molecular flexibility index (Phi) is 2.85. The molecule has 0 aliphatic carbocycles. The first-order chi connectivity index (χ1) is 5.54. The minimum Gasteiger partial charge on any atom is -0.282 e. The summed E-state index contributed by atoms with van der Waals surface area (Å²) in [5.74, 6) is 1.09. The van der Waals surface area contributed by atoms with E-state index in [4.69, 9.17) is 0 Å². The summed E-state index contributed by atoms with van der Waals surface area (Å²) in [5.41, 5.74) is 1.27. The summed E-state index contributed by atoms with van der Waals surface area (Å²) in [7, 11) is 6.33. The van der Waals surface area contributed by atoms with E-state index in [-0.39, 0.29) is 0 Å². The van der Waals surface area contributed by atoms with Crippen LogP contribution in [0.5, 0.6) is 0 Å². The highest BCUT2D eigenvalue weighted by atomic mass is 79.9. The molecule has 66 valence electrons. The van der Waals surface area contributed by atoms with Gasteiger partial charge in [0.15, 0.2) is 0 Å². The Labute approximate surface area is 81.9 Å². The van der Waals surface area contributed by atoms with E-state index in [1.165, 1.54) is 5.56 Å². The molecular formula is C9H14BrN2+. The van der Waals surface area contributed by atoms with Gasteiger partial charge < -0.3 is 0 Å². The van der Waals surface area contributed by atoms with Gasteiger partial charge in [-0.3, -0.25) is 4.48 Å². The second-order valence-corrected chi connectivity index (χ2v) is 4.23. The summed E-state index contributed by atoms with van der Waals surface area (Å²) in [5, 5.41) is 0.891. The molecule has 1 aromatic heterocycles. The van der Waals surface area contributed by atoms with Crippen molar-refractivity contribution < 1.29 is 0 Å². The molecule has 1 aromatic rings. The Morgan fingerprint density at radius 3 is 2.58 bits per heavy atom. The Morgan fingerprint density at radius 1 is 1.42 bits per heavy atom. The van der Waals surface area contributed by atoms with Gasteiger partial charge >= 0.3 is 0 Å². The van der Waals surface area contributed by atoms with Gasteiger partial charge in [0.2, 0.25) is 5.82 Å². The molecule has 0 bridgehead atoms. The molecule has 0 atom stereocenters. The standard InChI is InChI=1S/C9H14BrN2/c1-12(2,3)9-6-8(7-10)4-5-11-9/h4-6H,7H2,1-3H3/q+1. The van der Waals surface area contributed by atoms with Crippen LogP contribution in [-0.4, -0.2) is 26.1 Å². The maximum atomic E-state index is 4.31. The largest absolute Gasteiger partial charge is 0.282 e. The summed E-state index contributed by atoms with van der Waals surface area (Å²) in [6.07, 6.45) is 1.86. The van der Waals surface area contributed by atoms with Crippen molar-refractivity contribution in [2.45, 2.75) is 5.33 Å². The third kappa shape index (κ3) is 2.29. The maximum absolute atomic E-state index is 4.31. The second-order valence-electron chi connectivity index (χ2n) is 3.67. The summed E-state index contributed by atoms with van der Waals surface area (Å²) in [6.45, 7) is 0. The summed E-state index contributed by atoms with van der Waals surface area (Å²) in [6, 6.07) is 4.14. The zero-order chi connectivity index (χ0) is 9.19. The molecule has 0 spiro atoms. The number of hydrogen-bond acceptors (Lipinski definition) is 1. The van der Waals surface area contributed by atoms with Crippen molar-refractivity contribution in [3.8, 4) is 0 Å². The zero-order valence-corrected chi connectivity index (χ0v) is 9.30. The van der Waals surface area contributed by atoms with Crippen LogP contribution in [0.4, 0.5) is 5.82 Å². The van der Waals surface area contributed by atoms with Gasteiger partial charge in [-0.25, -0.2) is 4.98 Å². The van der Waals surface area contributed by atoms with E-state index in [2.05, 4.69) is 48.1 Å². The third-order valence-electron chi connectivity index (χ3n) is 1.65. The SMILES string of the molecule is C[N+](C)(C)c1cc(CBr)ccn1. The highest BCUT2D eigenvalue weighted by molar-refractivity contribution is 9.08. The first-order valence-electron chi connectivity index (χ1n) is 3.87. The lowest BCUT2D eigenvalue weighted by Gasteiger charge is -2.21. The van der Waals surface area contributed by atoms with Gasteiger partial charge in [0, 0.05) is 17.6 Å². The molecule has 3 heteroatoms. The number of alkyl halides is 1. The highest BCUT2D eigenvalue weighted by Gasteiger charge is 2.13. The van der Waals surface area contributed by atoms with Crippen LogP contribution in [0.1, 0.15) is 5.56 Å². The number of aromatic nitrogens is 1. The van der Waals surface area contributed by atoms with Crippen LogP contribution in [-0.2, 0) is 5.33 Å². The van der Waals surface area contributed by atoms with Crippen LogP contribution in [0.2, 0.25) is 0 Å². The van der Waals surface area contributed by atoms with Gasteiger partial charge in [0.25, 0.3) is 0 Å². The summed E-state index contributed by atoms with van der Waals surface area (Å²) < 4.78 is 0.765. The van der Waals surface area contributed by atoms with Gasteiger partial charge in [-0.2, -0.15) is 0 Å². The molecule has 0 fully saturated rings. The molecule has 12 heavy (non-hydrogen) atoms. The number of quaternary nitrogens is 1. The van der Waals surface area contributed by atoms with E-state index in [0.717, 1.165) is 15.6 Å². The lowest BCUT2D eigenvalue weighted by molar-refractivity contribution is 0.473. The Balaban J connectivity index is 3.02. The van der Waals surface area contributed by atoms with E-state index in [9.17, 15) is 0 Å². The Morgan fingerprint density at radius 2 is 2.08 bits per heavy atom. The molecule has 1 heterocycles. The first-order valence-corrected chi connectivity index (χ1v) is 4.99. The van der Waals surface area contributed by atoms with Crippen molar-refractivity contribution in [1.82, 2.24) is 9.47 Å². The maximum Gasteiger partial charge on any atom is 0.227 e. The molecule has 0 aliphatic rings. The molecule has 0 aliphatic heterocycles. The normalized spacial score (nSPS) is 11.7. The van der Waals surface area contributed by atoms with Crippen LogP contribution >= 0.6 is 15.9 Å². The van der Waals surface area contributed by atoms with Crippen molar-refractivity contribution in [3.05, 3.63) is 23.9 Å². The van der Waals surface area contributed by atoms with Crippen molar-refractivity contribution in [3.63, 3.8) is 0 Å². The smallest absolute Gasteiger partial charge is 0.227 e. The third-order valence-corrected chi connectivity index (χ3v) is 2.30. The molecule has 1 rings (SSSR count). The van der Waals surface area contributed by atoms with Crippen molar-refractivity contribution >= 4 is 21.7 Å². The fraction of sp³-hybridized carbons (Fsp3) is 0.444. The molecule has 0 aromatic carbocycles. The van der Waals surface area contributed by atoms with E-state index in [1.54, 1.807) is 0 Å². The molecular weight excluding hydrogens is 216 g/mol. The predicted molar refractivity (Wildman–Crippen MR) is 56.4 cm³/mol. The molecule has 0 unspecified atom stereocenters. The summed E-state index contributed by atoms with van der Waals surface area (Å²) in [4.78, 5) is 4.31. The fourth-order valence-corrected chi connectivity index (χ4v) is 1.26. The average molecular weight is 230 g/mol. The molecule has 0 amide bonds. The lowest BCUT2D eigenvalue weighted by atomic mass is 10.3. The number of nitrogens with zero attached hydrogens (tertiary/aromatic N) is 2. The molecule has 0 saturated heterocycles. The van der Waals surface area contributed by atoms with E-state index in [0.29, 0.717) is 0 Å². The van der Waals surface area contributed by atoms with Crippen LogP contribution in [0.3, 0.4) is 0 Å².